The van der Waals surface area contributed by atoms with E-state index in [0.717, 1.165) is 0 Å². The molecular weight excluding hydrogens is 372 g/mol. The maximum absolute atomic E-state index is 11.7. The summed E-state index contributed by atoms with van der Waals surface area (Å²) < 4.78 is 27.8. The molecule has 0 radical (unpaired) electrons. The number of hydrogen-bond donors (Lipinski definition) is 2. The average Bonchev–Trinajstić information content (AvgIpc) is 2.62. The Hall–Kier alpha value is -1.26. The van der Waals surface area contributed by atoms with Gasteiger partial charge in [0.15, 0.2) is 0 Å². The van der Waals surface area contributed by atoms with Crippen molar-refractivity contribution in [3.05, 3.63) is 0 Å². The van der Waals surface area contributed by atoms with Gasteiger partial charge in [-0.2, -0.15) is 0 Å². The van der Waals surface area contributed by atoms with E-state index in [4.69, 9.17) is 23.7 Å². The lowest BCUT2D eigenvalue weighted by atomic mass is 9.85. The zero-order chi connectivity index (χ0) is 20.3. The summed E-state index contributed by atoms with van der Waals surface area (Å²) in [5, 5.41) is 20.6. The molecule has 0 aliphatic carbocycles. The molecule has 160 valence electrons. The van der Waals surface area contributed by atoms with E-state index in [-0.39, 0.29) is 50.5 Å². The van der Waals surface area contributed by atoms with Crippen LogP contribution in [0.2, 0.25) is 0 Å². The van der Waals surface area contributed by atoms with E-state index >= 15 is 0 Å². The zero-order valence-corrected chi connectivity index (χ0v) is 16.3. The zero-order valence-electron chi connectivity index (χ0n) is 16.3. The molecule has 0 aromatic carbocycles. The van der Waals surface area contributed by atoms with Crippen molar-refractivity contribution >= 4 is 11.9 Å². The van der Waals surface area contributed by atoms with Crippen LogP contribution in [0.15, 0.2) is 0 Å². The lowest BCUT2D eigenvalue weighted by Crippen LogP contribution is -2.60. The molecule has 3 saturated heterocycles. The molecule has 3 fully saturated rings. The molecule has 0 spiro atoms. The van der Waals surface area contributed by atoms with Crippen molar-refractivity contribution in [2.75, 3.05) is 13.2 Å². The summed E-state index contributed by atoms with van der Waals surface area (Å²) in [4.78, 5) is 23.5. The Bertz CT molecular complexity index is 508. The molecule has 3 aliphatic rings. The maximum Gasteiger partial charge on any atom is 0.308 e. The van der Waals surface area contributed by atoms with E-state index in [1.165, 1.54) is 0 Å². The number of ether oxygens (including phenoxy) is 5. The maximum atomic E-state index is 11.7. The molecule has 3 aliphatic heterocycles. The van der Waals surface area contributed by atoms with Crippen molar-refractivity contribution in [2.45, 2.75) is 94.8 Å². The van der Waals surface area contributed by atoms with Crippen LogP contribution in [0.5, 0.6) is 0 Å². The molecule has 3 rings (SSSR count). The number of aliphatic hydroxyl groups is 2. The normalized spacial score (nSPS) is 40.1. The molecule has 9 heteroatoms. The highest BCUT2D eigenvalue weighted by atomic mass is 16.6. The lowest BCUT2D eigenvalue weighted by Gasteiger charge is -2.50. The number of fused-ring (bicyclic) bond motifs is 2. The fraction of sp³-hybridized carbons (Fsp3) is 0.895. The molecule has 0 amide bonds. The van der Waals surface area contributed by atoms with Crippen LogP contribution >= 0.6 is 0 Å². The van der Waals surface area contributed by atoms with E-state index in [0.29, 0.717) is 19.3 Å². The Morgan fingerprint density at radius 3 is 1.54 bits per heavy atom. The molecular formula is C19H30O9. The highest BCUT2D eigenvalue weighted by molar-refractivity contribution is 5.70. The summed E-state index contributed by atoms with van der Waals surface area (Å²) in [5.74, 6) is -0.822. The van der Waals surface area contributed by atoms with E-state index in [1.807, 2.05) is 0 Å². The van der Waals surface area contributed by atoms with Crippen LogP contribution in [0.1, 0.15) is 46.0 Å². The molecule has 3 heterocycles. The Labute approximate surface area is 164 Å². The first-order valence-corrected chi connectivity index (χ1v) is 10.0. The van der Waals surface area contributed by atoms with Crippen LogP contribution < -0.4 is 0 Å². The van der Waals surface area contributed by atoms with Crippen molar-refractivity contribution in [3.63, 3.8) is 0 Å². The Balaban J connectivity index is 1.59. The minimum atomic E-state index is -0.826. The third-order valence-corrected chi connectivity index (χ3v) is 5.49. The second-order valence-electron chi connectivity index (χ2n) is 7.50. The van der Waals surface area contributed by atoms with E-state index in [2.05, 4.69) is 0 Å². The highest BCUT2D eigenvalue weighted by Gasteiger charge is 2.49. The van der Waals surface area contributed by atoms with Crippen LogP contribution in [0.3, 0.4) is 0 Å². The molecule has 8 atom stereocenters. The monoisotopic (exact) mass is 402 g/mol. The van der Waals surface area contributed by atoms with Gasteiger partial charge in [0.2, 0.25) is 0 Å². The van der Waals surface area contributed by atoms with Gasteiger partial charge >= 0.3 is 11.9 Å². The first kappa shape index (κ1) is 21.4. The molecule has 0 aromatic rings. The van der Waals surface area contributed by atoms with Gasteiger partial charge in [-0.15, -0.1) is 0 Å². The Morgan fingerprint density at radius 1 is 0.750 bits per heavy atom. The third kappa shape index (κ3) is 5.01. The molecule has 2 N–H and O–H groups in total. The van der Waals surface area contributed by atoms with Gasteiger partial charge < -0.3 is 33.9 Å². The van der Waals surface area contributed by atoms with Crippen molar-refractivity contribution in [3.8, 4) is 0 Å². The standard InChI is InChI=1S/C19H30O9/c1-3-24-18(22)8-12-10(20)5-14-16(26-12)7-17-15(28-14)6-11(21)13(27-17)9-19(23)25-4-2/h10-17,20-21H,3-9H2,1-2H3/t10-,11+,12+,13-,14+,15-,16-,17+. The van der Waals surface area contributed by atoms with Gasteiger partial charge in [0.25, 0.3) is 0 Å². The second kappa shape index (κ2) is 9.49. The van der Waals surface area contributed by atoms with E-state index < -0.39 is 36.4 Å². The summed E-state index contributed by atoms with van der Waals surface area (Å²) >= 11 is 0. The van der Waals surface area contributed by atoms with Gasteiger partial charge in [-0.1, -0.05) is 0 Å². The average molecular weight is 402 g/mol. The fourth-order valence-electron chi connectivity index (χ4n) is 4.18. The van der Waals surface area contributed by atoms with Gasteiger partial charge in [-0.3, -0.25) is 9.59 Å². The fourth-order valence-corrected chi connectivity index (χ4v) is 4.18. The summed E-state index contributed by atoms with van der Waals surface area (Å²) in [6, 6.07) is 0. The van der Waals surface area contributed by atoms with Crippen LogP contribution in [0, 0.1) is 0 Å². The van der Waals surface area contributed by atoms with Crippen molar-refractivity contribution in [2.24, 2.45) is 0 Å². The molecule has 0 saturated carbocycles. The predicted octanol–water partition coefficient (Wildman–Crippen LogP) is 0.0871. The summed E-state index contributed by atoms with van der Waals surface area (Å²) in [7, 11) is 0. The highest BCUT2D eigenvalue weighted by Crippen LogP contribution is 2.38. The number of rotatable bonds is 6. The summed E-state index contributed by atoms with van der Waals surface area (Å²) in [6.07, 6.45) is -3.09. The van der Waals surface area contributed by atoms with Gasteiger partial charge in [0.1, 0.15) is 0 Å². The molecule has 9 nitrogen and oxygen atoms in total. The van der Waals surface area contributed by atoms with Crippen molar-refractivity contribution < 1.29 is 43.5 Å². The Morgan fingerprint density at radius 2 is 1.14 bits per heavy atom. The smallest absolute Gasteiger partial charge is 0.308 e. The number of carbonyl (C=O) groups is 2. The SMILES string of the molecule is CCOC(=O)C[C@@H]1O[C@@H]2C[C@@H]3O[C@H](CC(=O)OCC)[C@@H](O)C[C@H]3O[C@H]2C[C@H]1O. The summed E-state index contributed by atoms with van der Waals surface area (Å²) in [5.41, 5.74) is 0. The molecule has 28 heavy (non-hydrogen) atoms. The lowest BCUT2D eigenvalue weighted by molar-refractivity contribution is -0.281. The largest absolute Gasteiger partial charge is 0.466 e. The van der Waals surface area contributed by atoms with Crippen molar-refractivity contribution in [1.82, 2.24) is 0 Å². The number of carbonyl (C=O) groups excluding carboxylic acids is 2. The summed E-state index contributed by atoms with van der Waals surface area (Å²) in [6.45, 7) is 4.00. The quantitative estimate of drug-likeness (QED) is 0.595. The minimum absolute atomic E-state index is 0.0165. The number of aliphatic hydroxyl groups excluding tert-OH is 2. The number of hydrogen-bond acceptors (Lipinski definition) is 9. The Kier molecular flexibility index (Phi) is 7.27. The van der Waals surface area contributed by atoms with Crippen molar-refractivity contribution in [1.29, 1.82) is 0 Å². The van der Waals surface area contributed by atoms with E-state index in [1.54, 1.807) is 13.8 Å². The number of esters is 2. The second-order valence-corrected chi connectivity index (χ2v) is 7.50. The van der Waals surface area contributed by atoms with Gasteiger partial charge in [0.05, 0.1) is 74.9 Å². The topological polar surface area (TPSA) is 121 Å². The first-order valence-electron chi connectivity index (χ1n) is 10.0. The van der Waals surface area contributed by atoms with Gasteiger partial charge in [-0.05, 0) is 13.8 Å². The minimum Gasteiger partial charge on any atom is -0.466 e. The van der Waals surface area contributed by atoms with Crippen LogP contribution in [0.4, 0.5) is 0 Å². The third-order valence-electron chi connectivity index (χ3n) is 5.49. The van der Waals surface area contributed by atoms with Gasteiger partial charge in [0, 0.05) is 19.3 Å². The molecule has 0 aromatic heterocycles. The van der Waals surface area contributed by atoms with Crippen LogP contribution in [-0.2, 0) is 33.3 Å². The van der Waals surface area contributed by atoms with Crippen LogP contribution in [0.25, 0.3) is 0 Å². The molecule has 0 unspecified atom stereocenters. The first-order chi connectivity index (χ1) is 13.4. The van der Waals surface area contributed by atoms with E-state index in [9.17, 15) is 19.8 Å². The molecule has 0 bridgehead atoms. The van der Waals surface area contributed by atoms with Crippen LogP contribution in [-0.4, -0.2) is 84.2 Å². The van der Waals surface area contributed by atoms with Gasteiger partial charge in [-0.25, -0.2) is 0 Å². The predicted molar refractivity (Wildman–Crippen MR) is 94.3 cm³/mol.